The fourth-order valence-electron chi connectivity index (χ4n) is 2.41. The molecule has 0 aromatic carbocycles. The predicted molar refractivity (Wildman–Crippen MR) is 73.0 cm³/mol. The van der Waals surface area contributed by atoms with Crippen LogP contribution in [0.5, 0.6) is 0 Å². The van der Waals surface area contributed by atoms with Gasteiger partial charge >= 0.3 is 5.69 Å². The molecular weight excluding hydrogens is 262 g/mol. The van der Waals surface area contributed by atoms with Crippen LogP contribution in [-0.2, 0) is 13.6 Å². The number of nitrogens with one attached hydrogen (secondary N) is 1. The molecule has 0 unspecified atom stereocenters. The van der Waals surface area contributed by atoms with Crippen molar-refractivity contribution in [2.45, 2.75) is 26.5 Å². The van der Waals surface area contributed by atoms with Crippen LogP contribution in [0.4, 0.5) is 0 Å². The van der Waals surface area contributed by atoms with E-state index in [1.807, 2.05) is 11.5 Å². The molecule has 0 aliphatic rings. The summed E-state index contributed by atoms with van der Waals surface area (Å²) in [6.07, 6.45) is 1.24. The third-order valence-electron chi connectivity index (χ3n) is 3.36. The first-order valence-electron chi connectivity index (χ1n) is 6.25. The maximum absolute atomic E-state index is 12.0. The summed E-state index contributed by atoms with van der Waals surface area (Å²) in [5.74, 6) is 0.533. The van der Waals surface area contributed by atoms with Gasteiger partial charge in [-0.3, -0.25) is 18.7 Å². The SMILES string of the molecule is Cc1cn2c3c(=O)[nH]c(=O)n(C)c3nc2n1C[C@H](C)O. The Hall–Kier alpha value is -2.35. The third kappa shape index (κ3) is 1.61. The molecule has 3 aromatic heterocycles. The number of aliphatic hydroxyl groups is 1. The Morgan fingerprint density at radius 3 is 2.80 bits per heavy atom. The summed E-state index contributed by atoms with van der Waals surface area (Å²) in [5, 5.41) is 9.56. The van der Waals surface area contributed by atoms with E-state index in [0.29, 0.717) is 23.5 Å². The van der Waals surface area contributed by atoms with Gasteiger partial charge in [0.2, 0.25) is 5.78 Å². The second kappa shape index (κ2) is 4.07. The van der Waals surface area contributed by atoms with Crippen LogP contribution in [0.15, 0.2) is 15.8 Å². The van der Waals surface area contributed by atoms with Gasteiger partial charge in [-0.05, 0) is 13.8 Å². The average molecular weight is 277 g/mol. The number of aromatic amines is 1. The molecule has 106 valence electrons. The van der Waals surface area contributed by atoms with E-state index in [-0.39, 0.29) is 0 Å². The number of imidazole rings is 2. The second-order valence-electron chi connectivity index (χ2n) is 5.00. The van der Waals surface area contributed by atoms with Crippen molar-refractivity contribution in [3.8, 4) is 0 Å². The van der Waals surface area contributed by atoms with Crippen molar-refractivity contribution in [1.29, 1.82) is 0 Å². The standard InChI is InChI=1S/C12H15N5O3/c1-6-4-17-8-9(15(3)12(20)14-10(8)19)13-11(17)16(6)5-7(2)18/h4,7,18H,5H2,1-3H3,(H,14,19,20)/t7-/m0/s1. The molecule has 3 aromatic rings. The second-order valence-corrected chi connectivity index (χ2v) is 5.00. The van der Waals surface area contributed by atoms with E-state index in [1.165, 1.54) is 4.57 Å². The van der Waals surface area contributed by atoms with E-state index in [9.17, 15) is 14.7 Å². The van der Waals surface area contributed by atoms with Gasteiger partial charge in [0.15, 0.2) is 11.2 Å². The summed E-state index contributed by atoms with van der Waals surface area (Å²) in [4.78, 5) is 30.2. The topological polar surface area (TPSA) is 97.3 Å². The summed E-state index contributed by atoms with van der Waals surface area (Å²) in [6.45, 7) is 3.93. The fraction of sp³-hybridized carbons (Fsp3) is 0.417. The number of hydrogen-bond donors (Lipinski definition) is 2. The molecule has 0 spiro atoms. The monoisotopic (exact) mass is 277 g/mol. The summed E-state index contributed by atoms with van der Waals surface area (Å²) >= 11 is 0. The predicted octanol–water partition coefficient (Wildman–Crippen LogP) is -0.635. The quantitative estimate of drug-likeness (QED) is 0.651. The minimum atomic E-state index is -0.535. The fourth-order valence-corrected chi connectivity index (χ4v) is 2.41. The van der Waals surface area contributed by atoms with Crippen LogP contribution < -0.4 is 11.2 Å². The van der Waals surface area contributed by atoms with Gasteiger partial charge in [0.25, 0.3) is 5.56 Å². The Bertz CT molecular complexity index is 924. The lowest BCUT2D eigenvalue weighted by Crippen LogP contribution is -2.28. The average Bonchev–Trinajstić information content (AvgIpc) is 2.84. The van der Waals surface area contributed by atoms with Crippen molar-refractivity contribution in [3.63, 3.8) is 0 Å². The first kappa shape index (κ1) is 12.7. The highest BCUT2D eigenvalue weighted by Gasteiger charge is 2.17. The van der Waals surface area contributed by atoms with E-state index in [2.05, 4.69) is 9.97 Å². The molecule has 0 radical (unpaired) electrons. The highest BCUT2D eigenvalue weighted by atomic mass is 16.3. The Labute approximate surface area is 112 Å². The number of aromatic nitrogens is 5. The summed E-state index contributed by atoms with van der Waals surface area (Å²) in [7, 11) is 1.55. The van der Waals surface area contributed by atoms with Crippen molar-refractivity contribution in [3.05, 3.63) is 32.7 Å². The molecule has 8 heteroatoms. The van der Waals surface area contributed by atoms with E-state index in [0.717, 1.165) is 5.69 Å². The molecule has 0 aliphatic carbocycles. The van der Waals surface area contributed by atoms with Crippen LogP contribution in [0.25, 0.3) is 16.9 Å². The molecule has 0 bridgehead atoms. The number of hydrogen-bond acceptors (Lipinski definition) is 4. The number of aliphatic hydroxyl groups excluding tert-OH is 1. The molecular formula is C12H15N5O3. The Morgan fingerprint density at radius 2 is 2.15 bits per heavy atom. The summed E-state index contributed by atoms with van der Waals surface area (Å²) in [6, 6.07) is 0. The number of fused-ring (bicyclic) bond motifs is 3. The van der Waals surface area contributed by atoms with Gasteiger partial charge in [0, 0.05) is 18.9 Å². The van der Waals surface area contributed by atoms with Gasteiger partial charge in [0.05, 0.1) is 12.6 Å². The summed E-state index contributed by atoms with van der Waals surface area (Å²) in [5.41, 5.74) is 0.568. The molecule has 8 nitrogen and oxygen atoms in total. The lowest BCUT2D eigenvalue weighted by molar-refractivity contribution is 0.174. The summed E-state index contributed by atoms with van der Waals surface area (Å²) < 4.78 is 4.76. The smallest absolute Gasteiger partial charge is 0.329 e. The van der Waals surface area contributed by atoms with Crippen molar-refractivity contribution >= 4 is 16.9 Å². The largest absolute Gasteiger partial charge is 0.392 e. The minimum Gasteiger partial charge on any atom is -0.392 e. The molecule has 0 saturated carbocycles. The first-order chi connectivity index (χ1) is 9.40. The zero-order chi connectivity index (χ0) is 14.6. The number of aryl methyl sites for hydroxylation is 2. The first-order valence-corrected chi connectivity index (χ1v) is 6.25. The lowest BCUT2D eigenvalue weighted by Gasteiger charge is -2.07. The van der Waals surface area contributed by atoms with Crippen LogP contribution in [0.3, 0.4) is 0 Å². The molecule has 0 aliphatic heterocycles. The van der Waals surface area contributed by atoms with Crippen molar-refractivity contribution in [2.75, 3.05) is 0 Å². The van der Waals surface area contributed by atoms with Crippen molar-refractivity contribution in [1.82, 2.24) is 23.5 Å². The zero-order valence-corrected chi connectivity index (χ0v) is 11.4. The van der Waals surface area contributed by atoms with Gasteiger partial charge in [-0.15, -0.1) is 0 Å². The van der Waals surface area contributed by atoms with Crippen LogP contribution >= 0.6 is 0 Å². The number of rotatable bonds is 2. The van der Waals surface area contributed by atoms with Crippen LogP contribution in [0, 0.1) is 6.92 Å². The van der Waals surface area contributed by atoms with Gasteiger partial charge in [0.1, 0.15) is 0 Å². The van der Waals surface area contributed by atoms with Crippen LogP contribution in [0.2, 0.25) is 0 Å². The molecule has 2 N–H and O–H groups in total. The van der Waals surface area contributed by atoms with Gasteiger partial charge in [-0.2, -0.15) is 4.98 Å². The lowest BCUT2D eigenvalue weighted by atomic mass is 10.4. The Morgan fingerprint density at radius 1 is 1.45 bits per heavy atom. The Balaban J connectivity index is 2.47. The molecule has 20 heavy (non-hydrogen) atoms. The molecule has 0 saturated heterocycles. The van der Waals surface area contributed by atoms with Gasteiger partial charge in [-0.1, -0.05) is 0 Å². The van der Waals surface area contributed by atoms with E-state index in [1.54, 1.807) is 24.6 Å². The van der Waals surface area contributed by atoms with E-state index >= 15 is 0 Å². The highest BCUT2D eigenvalue weighted by Crippen LogP contribution is 2.16. The van der Waals surface area contributed by atoms with Crippen molar-refractivity contribution in [2.24, 2.45) is 7.05 Å². The van der Waals surface area contributed by atoms with Gasteiger partial charge < -0.3 is 9.67 Å². The van der Waals surface area contributed by atoms with E-state index < -0.39 is 17.4 Å². The molecule has 3 rings (SSSR count). The molecule has 0 amide bonds. The van der Waals surface area contributed by atoms with Gasteiger partial charge in [-0.25, -0.2) is 4.79 Å². The van der Waals surface area contributed by atoms with Crippen LogP contribution in [-0.4, -0.2) is 34.7 Å². The number of nitrogens with zero attached hydrogens (tertiary/aromatic N) is 4. The zero-order valence-electron chi connectivity index (χ0n) is 11.4. The van der Waals surface area contributed by atoms with Crippen molar-refractivity contribution < 1.29 is 5.11 Å². The highest BCUT2D eigenvalue weighted by molar-refractivity contribution is 5.75. The Kier molecular flexibility index (Phi) is 2.58. The maximum atomic E-state index is 12.0. The maximum Gasteiger partial charge on any atom is 0.329 e. The molecule has 3 heterocycles. The van der Waals surface area contributed by atoms with Crippen LogP contribution in [0.1, 0.15) is 12.6 Å². The number of H-pyrrole nitrogens is 1. The third-order valence-corrected chi connectivity index (χ3v) is 3.36. The molecule has 1 atom stereocenters. The minimum absolute atomic E-state index is 0.327. The van der Waals surface area contributed by atoms with E-state index in [4.69, 9.17) is 0 Å². The normalized spacial score (nSPS) is 13.4. The molecule has 0 fully saturated rings.